The summed E-state index contributed by atoms with van der Waals surface area (Å²) in [6, 6.07) is 19.9. The Morgan fingerprint density at radius 3 is 2.52 bits per heavy atom. The van der Waals surface area contributed by atoms with Crippen molar-refractivity contribution < 1.29 is 14.3 Å². The largest absolute Gasteiger partial charge is 0.497 e. The van der Waals surface area contributed by atoms with Crippen molar-refractivity contribution in [3.05, 3.63) is 78.5 Å². The molecule has 2 amide bonds. The molecule has 4 rings (SSSR count). The molecule has 0 spiro atoms. The van der Waals surface area contributed by atoms with Crippen molar-refractivity contribution in [1.82, 2.24) is 9.88 Å². The van der Waals surface area contributed by atoms with E-state index in [1.165, 1.54) is 0 Å². The number of rotatable bonds is 6. The summed E-state index contributed by atoms with van der Waals surface area (Å²) in [5.41, 5.74) is 1.26. The number of nitrogens with one attached hydrogen (secondary N) is 1. The molecule has 6 nitrogen and oxygen atoms in total. The van der Waals surface area contributed by atoms with E-state index in [0.717, 1.165) is 22.1 Å². The number of carbonyl (C=O) groups excluding carboxylic acids is 2. The Bertz CT molecular complexity index is 1040. The number of hydrogen-bond acceptors (Lipinski definition) is 5. The summed E-state index contributed by atoms with van der Waals surface area (Å²) in [6.07, 6.45) is 3.21. The molecule has 31 heavy (non-hydrogen) atoms. The summed E-state index contributed by atoms with van der Waals surface area (Å²) < 4.78 is 5.14. The minimum Gasteiger partial charge on any atom is -0.497 e. The Kier molecular flexibility index (Phi) is 6.52. The zero-order chi connectivity index (χ0) is 21.6. The van der Waals surface area contributed by atoms with Crippen LogP contribution in [0.3, 0.4) is 0 Å². The monoisotopic (exact) mass is 433 g/mol. The topological polar surface area (TPSA) is 71.5 Å². The van der Waals surface area contributed by atoms with Gasteiger partial charge in [-0.15, -0.1) is 0 Å². The lowest BCUT2D eigenvalue weighted by atomic mass is 10.1. The maximum atomic E-state index is 13.1. The Labute approximate surface area is 185 Å². The van der Waals surface area contributed by atoms with Crippen molar-refractivity contribution in [3.63, 3.8) is 0 Å². The number of likely N-dealkylation sites (tertiary alicyclic amines) is 1. The predicted octanol–water partition coefficient (Wildman–Crippen LogP) is 4.48. The van der Waals surface area contributed by atoms with Crippen molar-refractivity contribution in [2.24, 2.45) is 0 Å². The van der Waals surface area contributed by atoms with E-state index in [2.05, 4.69) is 10.3 Å². The highest BCUT2D eigenvalue weighted by molar-refractivity contribution is 7.99. The maximum Gasteiger partial charge on any atom is 0.254 e. The number of carbonyl (C=O) groups is 2. The van der Waals surface area contributed by atoms with Gasteiger partial charge < -0.3 is 15.0 Å². The highest BCUT2D eigenvalue weighted by Crippen LogP contribution is 2.27. The molecule has 1 unspecified atom stereocenters. The van der Waals surface area contributed by atoms with Gasteiger partial charge in [-0.3, -0.25) is 9.59 Å². The minimum atomic E-state index is -0.475. The van der Waals surface area contributed by atoms with Crippen molar-refractivity contribution in [2.45, 2.75) is 28.8 Å². The van der Waals surface area contributed by atoms with Gasteiger partial charge in [0.1, 0.15) is 16.8 Å². The van der Waals surface area contributed by atoms with Crippen LogP contribution < -0.4 is 10.1 Å². The molecule has 1 aromatic heterocycles. The molecule has 1 saturated heterocycles. The van der Waals surface area contributed by atoms with E-state index in [-0.39, 0.29) is 11.8 Å². The number of methoxy groups -OCH3 is 1. The third kappa shape index (κ3) is 5.06. The van der Waals surface area contributed by atoms with Gasteiger partial charge in [0.05, 0.1) is 7.11 Å². The van der Waals surface area contributed by atoms with E-state index in [0.29, 0.717) is 24.2 Å². The number of amides is 2. The molecule has 1 aliphatic rings. The van der Waals surface area contributed by atoms with E-state index in [4.69, 9.17) is 4.74 Å². The van der Waals surface area contributed by atoms with Crippen LogP contribution in [0, 0.1) is 0 Å². The number of anilines is 1. The summed E-state index contributed by atoms with van der Waals surface area (Å²) >= 11 is 1.54. The lowest BCUT2D eigenvalue weighted by molar-refractivity contribution is -0.119. The van der Waals surface area contributed by atoms with Crippen LogP contribution in [0.5, 0.6) is 5.75 Å². The summed E-state index contributed by atoms with van der Waals surface area (Å²) in [4.78, 5) is 32.9. The first-order chi connectivity index (χ1) is 15.1. The van der Waals surface area contributed by atoms with Crippen LogP contribution in [0.1, 0.15) is 23.2 Å². The molecule has 1 aliphatic heterocycles. The van der Waals surface area contributed by atoms with Crippen LogP contribution >= 0.6 is 11.8 Å². The molecule has 0 aliphatic carbocycles. The summed E-state index contributed by atoms with van der Waals surface area (Å²) in [5, 5.41) is 3.81. The van der Waals surface area contributed by atoms with Gasteiger partial charge in [0.15, 0.2) is 0 Å². The fourth-order valence-corrected chi connectivity index (χ4v) is 4.32. The Morgan fingerprint density at radius 2 is 1.84 bits per heavy atom. The van der Waals surface area contributed by atoms with E-state index in [1.54, 1.807) is 54.2 Å². The number of pyridine rings is 1. The number of aromatic nitrogens is 1. The number of ether oxygens (including phenoxy) is 1. The highest BCUT2D eigenvalue weighted by Gasteiger charge is 2.34. The first-order valence-electron chi connectivity index (χ1n) is 10.1. The number of nitrogens with zero attached hydrogens (tertiary/aromatic N) is 2. The number of hydrogen-bond donors (Lipinski definition) is 1. The molecule has 3 aromatic rings. The Hall–Kier alpha value is -3.32. The average Bonchev–Trinajstić information content (AvgIpc) is 3.30. The predicted molar refractivity (Wildman–Crippen MR) is 120 cm³/mol. The molecular formula is C24H23N3O3S. The van der Waals surface area contributed by atoms with Crippen LogP contribution in [-0.2, 0) is 4.79 Å². The van der Waals surface area contributed by atoms with Crippen LogP contribution in [0.4, 0.5) is 5.69 Å². The smallest absolute Gasteiger partial charge is 0.254 e. The molecule has 0 saturated carbocycles. The zero-order valence-corrected chi connectivity index (χ0v) is 18.0. The molecule has 1 N–H and O–H groups in total. The van der Waals surface area contributed by atoms with Gasteiger partial charge in [0, 0.05) is 28.9 Å². The second kappa shape index (κ2) is 9.66. The summed E-state index contributed by atoms with van der Waals surface area (Å²) in [7, 11) is 1.60. The Balaban J connectivity index is 1.41. The summed E-state index contributed by atoms with van der Waals surface area (Å²) in [6.45, 7) is 0.573. The second-order valence-corrected chi connectivity index (χ2v) is 8.26. The molecule has 1 atom stereocenters. The van der Waals surface area contributed by atoms with Crippen molar-refractivity contribution in [2.75, 3.05) is 19.0 Å². The van der Waals surface area contributed by atoms with Gasteiger partial charge in [-0.25, -0.2) is 4.98 Å². The molecule has 0 radical (unpaired) electrons. The second-order valence-electron chi connectivity index (χ2n) is 7.17. The molecule has 158 valence electrons. The van der Waals surface area contributed by atoms with Crippen LogP contribution in [0.2, 0.25) is 0 Å². The molecule has 1 fully saturated rings. The molecule has 2 aromatic carbocycles. The van der Waals surface area contributed by atoms with Crippen molar-refractivity contribution in [3.8, 4) is 5.75 Å². The third-order valence-electron chi connectivity index (χ3n) is 5.14. The zero-order valence-electron chi connectivity index (χ0n) is 17.2. The van der Waals surface area contributed by atoms with E-state index >= 15 is 0 Å². The highest BCUT2D eigenvalue weighted by atomic mass is 32.2. The van der Waals surface area contributed by atoms with Crippen molar-refractivity contribution >= 4 is 29.3 Å². The first kappa shape index (κ1) is 20.9. The van der Waals surface area contributed by atoms with E-state index in [9.17, 15) is 9.59 Å². The standard InChI is InChI=1S/C24H23N3O3S/c1-30-19-11-9-18(10-12-19)26-23(28)21-5-4-16-27(21)24(29)17-7-13-20(14-8-17)31-22-6-2-3-15-25-22/h2-3,6-15,21H,4-5,16H2,1H3,(H,26,28). The number of benzene rings is 2. The lowest BCUT2D eigenvalue weighted by Gasteiger charge is -2.24. The van der Waals surface area contributed by atoms with Gasteiger partial charge in [-0.05, 0) is 73.5 Å². The quantitative estimate of drug-likeness (QED) is 0.620. The molecule has 7 heteroatoms. The van der Waals surface area contributed by atoms with E-state index < -0.39 is 6.04 Å². The average molecular weight is 434 g/mol. The third-order valence-corrected chi connectivity index (χ3v) is 6.09. The minimum absolute atomic E-state index is 0.123. The normalized spacial score (nSPS) is 15.5. The molecular weight excluding hydrogens is 410 g/mol. The fourth-order valence-electron chi connectivity index (χ4n) is 3.54. The lowest BCUT2D eigenvalue weighted by Crippen LogP contribution is -2.43. The maximum absolute atomic E-state index is 13.1. The summed E-state index contributed by atoms with van der Waals surface area (Å²) in [5.74, 6) is 0.431. The SMILES string of the molecule is COc1ccc(NC(=O)C2CCCN2C(=O)c2ccc(Sc3ccccn3)cc2)cc1. The van der Waals surface area contributed by atoms with Gasteiger partial charge in [-0.2, -0.15) is 0 Å². The van der Waals surface area contributed by atoms with Crippen LogP contribution in [0.15, 0.2) is 82.8 Å². The van der Waals surface area contributed by atoms with Crippen LogP contribution in [0.25, 0.3) is 0 Å². The van der Waals surface area contributed by atoms with Gasteiger partial charge in [0.25, 0.3) is 5.91 Å². The van der Waals surface area contributed by atoms with Gasteiger partial charge >= 0.3 is 0 Å². The van der Waals surface area contributed by atoms with Crippen molar-refractivity contribution in [1.29, 1.82) is 0 Å². The first-order valence-corrected chi connectivity index (χ1v) is 10.9. The van der Waals surface area contributed by atoms with E-state index in [1.807, 2.05) is 42.5 Å². The van der Waals surface area contributed by atoms with Gasteiger partial charge in [-0.1, -0.05) is 17.8 Å². The Morgan fingerprint density at radius 1 is 1.06 bits per heavy atom. The fraction of sp³-hybridized carbons (Fsp3) is 0.208. The molecule has 2 heterocycles. The van der Waals surface area contributed by atoms with Gasteiger partial charge in [0.2, 0.25) is 5.91 Å². The van der Waals surface area contributed by atoms with Crippen LogP contribution in [-0.4, -0.2) is 41.4 Å². The molecule has 0 bridgehead atoms.